The van der Waals surface area contributed by atoms with Crippen molar-refractivity contribution >= 4 is 31.6 Å². The van der Waals surface area contributed by atoms with Gasteiger partial charge in [-0.2, -0.15) is 0 Å². The maximum Gasteiger partial charge on any atom is 0.238 e. The van der Waals surface area contributed by atoms with Gasteiger partial charge in [0, 0.05) is 10.2 Å². The van der Waals surface area contributed by atoms with Gasteiger partial charge < -0.3 is 10.1 Å². The fourth-order valence-electron chi connectivity index (χ4n) is 1.78. The van der Waals surface area contributed by atoms with Crippen LogP contribution in [0.15, 0.2) is 39.9 Å². The maximum absolute atomic E-state index is 11.2. The zero-order valence-corrected chi connectivity index (χ0v) is 12.6. The Morgan fingerprint density at radius 2 is 2.26 bits per heavy atom. The second-order valence-electron chi connectivity index (χ2n) is 4.27. The van der Waals surface area contributed by atoms with E-state index in [-0.39, 0.29) is 11.0 Å². The standard InChI is InChI=1S/C12H15BrN2O3S/c13-11-7-10(19(14,16)17)4-5-12(11)15-8-9-3-1-2-6-18-9/h2,4-7,9,15H,1,3,8H2,(H2,14,16,17). The number of allylic oxidation sites excluding steroid dienone is 1. The van der Waals surface area contributed by atoms with Crippen LogP contribution in [0.5, 0.6) is 0 Å². The molecule has 0 aromatic heterocycles. The summed E-state index contributed by atoms with van der Waals surface area (Å²) >= 11 is 3.33. The van der Waals surface area contributed by atoms with Crippen LogP contribution in [-0.4, -0.2) is 21.1 Å². The van der Waals surface area contributed by atoms with Crippen molar-refractivity contribution in [2.45, 2.75) is 23.8 Å². The fourth-order valence-corrected chi connectivity index (χ4v) is 2.99. The number of primary sulfonamides is 1. The third-order valence-corrected chi connectivity index (χ3v) is 4.38. The van der Waals surface area contributed by atoms with Crippen molar-refractivity contribution in [2.24, 2.45) is 5.14 Å². The highest BCUT2D eigenvalue weighted by atomic mass is 79.9. The van der Waals surface area contributed by atoms with E-state index in [2.05, 4.69) is 21.2 Å². The number of halogens is 1. The van der Waals surface area contributed by atoms with Crippen LogP contribution in [0.4, 0.5) is 5.69 Å². The molecular weight excluding hydrogens is 332 g/mol. The number of sulfonamides is 1. The summed E-state index contributed by atoms with van der Waals surface area (Å²) in [5.41, 5.74) is 0.811. The highest BCUT2D eigenvalue weighted by molar-refractivity contribution is 9.10. The summed E-state index contributed by atoms with van der Waals surface area (Å²) in [4.78, 5) is 0.0850. The molecule has 1 aromatic rings. The van der Waals surface area contributed by atoms with E-state index in [1.807, 2.05) is 6.08 Å². The SMILES string of the molecule is NS(=O)(=O)c1ccc(NCC2CCC=CO2)c(Br)c1. The summed E-state index contributed by atoms with van der Waals surface area (Å²) in [6.07, 6.45) is 5.83. The highest BCUT2D eigenvalue weighted by Gasteiger charge is 2.13. The molecule has 0 spiro atoms. The lowest BCUT2D eigenvalue weighted by Crippen LogP contribution is -2.23. The number of benzene rings is 1. The number of rotatable bonds is 4. The molecule has 1 atom stereocenters. The number of nitrogens with one attached hydrogen (secondary N) is 1. The van der Waals surface area contributed by atoms with Crippen molar-refractivity contribution in [3.8, 4) is 0 Å². The number of hydrogen-bond acceptors (Lipinski definition) is 4. The van der Waals surface area contributed by atoms with Crippen LogP contribution in [0.2, 0.25) is 0 Å². The molecular formula is C12H15BrN2O3S. The molecule has 5 nitrogen and oxygen atoms in total. The summed E-state index contributed by atoms with van der Waals surface area (Å²) in [6, 6.07) is 4.64. The van der Waals surface area contributed by atoms with Gasteiger partial charge in [0.2, 0.25) is 10.0 Å². The van der Waals surface area contributed by atoms with Gasteiger partial charge in [-0.05, 0) is 53.0 Å². The largest absolute Gasteiger partial charge is 0.497 e. The maximum atomic E-state index is 11.2. The lowest BCUT2D eigenvalue weighted by atomic mass is 10.1. The lowest BCUT2D eigenvalue weighted by molar-refractivity contribution is 0.135. The first-order chi connectivity index (χ1) is 8.97. The summed E-state index contributed by atoms with van der Waals surface area (Å²) in [6.45, 7) is 0.664. The Labute approximate surface area is 121 Å². The Bertz CT molecular complexity index is 587. The Hall–Kier alpha value is -1.05. The molecule has 1 unspecified atom stereocenters. The van der Waals surface area contributed by atoms with Crippen molar-refractivity contribution in [1.29, 1.82) is 0 Å². The van der Waals surface area contributed by atoms with E-state index in [1.165, 1.54) is 12.1 Å². The minimum absolute atomic E-state index is 0.0850. The van der Waals surface area contributed by atoms with Crippen molar-refractivity contribution < 1.29 is 13.2 Å². The van der Waals surface area contributed by atoms with Gasteiger partial charge in [0.25, 0.3) is 0 Å². The first-order valence-electron chi connectivity index (χ1n) is 5.83. The Morgan fingerprint density at radius 3 is 2.84 bits per heavy atom. The molecule has 0 saturated heterocycles. The number of nitrogens with two attached hydrogens (primary N) is 1. The summed E-state index contributed by atoms with van der Waals surface area (Å²) in [5, 5.41) is 8.29. The van der Waals surface area contributed by atoms with Crippen molar-refractivity contribution in [2.75, 3.05) is 11.9 Å². The average Bonchev–Trinajstić information content (AvgIpc) is 2.37. The van der Waals surface area contributed by atoms with E-state index in [0.29, 0.717) is 11.0 Å². The van der Waals surface area contributed by atoms with Crippen LogP contribution in [0.25, 0.3) is 0 Å². The third kappa shape index (κ3) is 3.95. The van der Waals surface area contributed by atoms with Gasteiger partial charge in [0.15, 0.2) is 0 Å². The molecule has 1 heterocycles. The number of hydrogen-bond donors (Lipinski definition) is 2. The quantitative estimate of drug-likeness (QED) is 0.875. The Morgan fingerprint density at radius 1 is 1.47 bits per heavy atom. The molecule has 0 fully saturated rings. The average molecular weight is 347 g/mol. The molecule has 0 bridgehead atoms. The van der Waals surface area contributed by atoms with Crippen molar-refractivity contribution in [3.05, 3.63) is 35.0 Å². The molecule has 0 aliphatic carbocycles. The topological polar surface area (TPSA) is 81.4 Å². The van der Waals surface area contributed by atoms with Crippen molar-refractivity contribution in [1.82, 2.24) is 0 Å². The smallest absolute Gasteiger partial charge is 0.238 e. The van der Waals surface area contributed by atoms with Gasteiger partial charge in [-0.1, -0.05) is 0 Å². The van der Waals surface area contributed by atoms with E-state index in [9.17, 15) is 8.42 Å². The van der Waals surface area contributed by atoms with Gasteiger partial charge in [-0.3, -0.25) is 0 Å². The van der Waals surface area contributed by atoms with Crippen LogP contribution in [0, 0.1) is 0 Å². The lowest BCUT2D eigenvalue weighted by Gasteiger charge is -2.20. The van der Waals surface area contributed by atoms with Crippen LogP contribution >= 0.6 is 15.9 Å². The second-order valence-corrected chi connectivity index (χ2v) is 6.69. The monoisotopic (exact) mass is 346 g/mol. The van der Waals surface area contributed by atoms with E-state index in [1.54, 1.807) is 12.3 Å². The van der Waals surface area contributed by atoms with Crippen LogP contribution in [-0.2, 0) is 14.8 Å². The summed E-state index contributed by atoms with van der Waals surface area (Å²) in [5.74, 6) is 0. The minimum Gasteiger partial charge on any atom is -0.497 e. The second kappa shape index (κ2) is 5.94. The highest BCUT2D eigenvalue weighted by Crippen LogP contribution is 2.25. The molecule has 1 aromatic carbocycles. The molecule has 1 aliphatic heterocycles. The molecule has 3 N–H and O–H groups in total. The zero-order chi connectivity index (χ0) is 13.9. The fraction of sp³-hybridized carbons (Fsp3) is 0.333. The van der Waals surface area contributed by atoms with Gasteiger partial charge in [0.05, 0.1) is 17.7 Å². The molecule has 0 saturated carbocycles. The molecule has 1 aliphatic rings. The van der Waals surface area contributed by atoms with Gasteiger partial charge >= 0.3 is 0 Å². The zero-order valence-electron chi connectivity index (χ0n) is 10.2. The van der Waals surface area contributed by atoms with Gasteiger partial charge in [-0.15, -0.1) is 0 Å². The predicted molar refractivity (Wildman–Crippen MR) is 77.3 cm³/mol. The first kappa shape index (κ1) is 14.4. The van der Waals surface area contributed by atoms with E-state index in [4.69, 9.17) is 9.88 Å². The molecule has 0 radical (unpaired) electrons. The third-order valence-electron chi connectivity index (χ3n) is 2.81. The van der Waals surface area contributed by atoms with Crippen LogP contribution < -0.4 is 10.5 Å². The minimum atomic E-state index is -3.67. The summed E-state index contributed by atoms with van der Waals surface area (Å²) in [7, 11) is -3.67. The normalized spacial score (nSPS) is 18.9. The summed E-state index contributed by atoms with van der Waals surface area (Å²) < 4.78 is 28.5. The number of anilines is 1. The van der Waals surface area contributed by atoms with E-state index in [0.717, 1.165) is 18.5 Å². The Balaban J connectivity index is 2.03. The van der Waals surface area contributed by atoms with Gasteiger partial charge in [0.1, 0.15) is 6.10 Å². The molecule has 104 valence electrons. The first-order valence-corrected chi connectivity index (χ1v) is 8.17. The predicted octanol–water partition coefficient (Wildman–Crippen LogP) is 2.20. The van der Waals surface area contributed by atoms with Crippen LogP contribution in [0.3, 0.4) is 0 Å². The molecule has 0 amide bonds. The Kier molecular flexibility index (Phi) is 4.49. The molecule has 7 heteroatoms. The van der Waals surface area contributed by atoms with Crippen LogP contribution in [0.1, 0.15) is 12.8 Å². The van der Waals surface area contributed by atoms with Gasteiger partial charge in [-0.25, -0.2) is 13.6 Å². The number of ether oxygens (including phenoxy) is 1. The van der Waals surface area contributed by atoms with E-state index >= 15 is 0 Å². The van der Waals surface area contributed by atoms with Crippen molar-refractivity contribution in [3.63, 3.8) is 0 Å². The molecule has 2 rings (SSSR count). The van der Waals surface area contributed by atoms with E-state index < -0.39 is 10.0 Å². The molecule has 19 heavy (non-hydrogen) atoms.